The first-order chi connectivity index (χ1) is 12.4. The van der Waals surface area contributed by atoms with E-state index in [-0.39, 0.29) is 23.7 Å². The third-order valence-corrected chi connectivity index (χ3v) is 3.82. The molecule has 0 saturated heterocycles. The van der Waals surface area contributed by atoms with Crippen LogP contribution in [0.1, 0.15) is 44.2 Å². The van der Waals surface area contributed by atoms with Crippen LogP contribution in [0.3, 0.4) is 0 Å². The summed E-state index contributed by atoms with van der Waals surface area (Å²) in [6.07, 6.45) is 1.93. The van der Waals surface area contributed by atoms with E-state index in [1.165, 1.54) is 6.92 Å². The fourth-order valence-corrected chi connectivity index (χ4v) is 2.39. The second-order valence-corrected chi connectivity index (χ2v) is 5.87. The highest BCUT2D eigenvalue weighted by Crippen LogP contribution is 2.13. The molecule has 0 fully saturated rings. The molecule has 8 nitrogen and oxygen atoms in total. The van der Waals surface area contributed by atoms with E-state index in [1.54, 1.807) is 12.1 Å². The van der Waals surface area contributed by atoms with Crippen molar-refractivity contribution in [3.05, 3.63) is 62.3 Å². The number of aromatic hydroxyl groups is 1. The Bertz CT molecular complexity index is 913. The number of unbranched alkanes of at least 4 members (excludes halogenated alkanes) is 1. The van der Waals surface area contributed by atoms with Crippen LogP contribution in [0, 0.1) is 0 Å². The molecule has 0 bridgehead atoms. The van der Waals surface area contributed by atoms with Crippen LogP contribution in [0.4, 0.5) is 0 Å². The van der Waals surface area contributed by atoms with Gasteiger partial charge in [-0.05, 0) is 18.9 Å². The van der Waals surface area contributed by atoms with Crippen molar-refractivity contribution in [1.82, 2.24) is 15.0 Å². The number of aromatic nitrogens is 2. The number of hydrogen-bond donors (Lipinski definition) is 3. The number of hydrazone groups is 1. The molecule has 1 heterocycles. The molecule has 1 amide bonds. The maximum Gasteiger partial charge on any atom is 0.331 e. The number of hydrogen-bond acceptors (Lipinski definition) is 5. The zero-order chi connectivity index (χ0) is 19.1. The lowest BCUT2D eigenvalue weighted by Crippen LogP contribution is -2.34. The molecule has 0 unspecified atom stereocenters. The molecule has 0 aliphatic rings. The molecule has 0 aliphatic carbocycles. The zero-order valence-corrected chi connectivity index (χ0v) is 14.8. The van der Waals surface area contributed by atoms with Gasteiger partial charge in [0.2, 0.25) is 11.8 Å². The van der Waals surface area contributed by atoms with Gasteiger partial charge < -0.3 is 5.11 Å². The van der Waals surface area contributed by atoms with E-state index >= 15 is 0 Å². The average Bonchev–Trinajstić information content (AvgIpc) is 2.62. The first-order valence-corrected chi connectivity index (χ1v) is 8.37. The van der Waals surface area contributed by atoms with E-state index in [2.05, 4.69) is 15.5 Å². The molecule has 0 spiro atoms. The number of nitrogens with zero attached hydrogens (tertiary/aromatic N) is 2. The molecule has 0 aliphatic heterocycles. The van der Waals surface area contributed by atoms with Gasteiger partial charge in [-0.2, -0.15) is 5.10 Å². The van der Waals surface area contributed by atoms with Gasteiger partial charge in [-0.3, -0.25) is 19.1 Å². The lowest BCUT2D eigenvalue weighted by atomic mass is 10.2. The molecule has 26 heavy (non-hydrogen) atoms. The summed E-state index contributed by atoms with van der Waals surface area (Å²) in [5.74, 6) is -0.772. The van der Waals surface area contributed by atoms with Crippen LogP contribution in [-0.4, -0.2) is 26.3 Å². The Hall–Kier alpha value is -3.16. The topological polar surface area (TPSA) is 117 Å². The van der Waals surface area contributed by atoms with E-state index < -0.39 is 17.1 Å². The molecule has 138 valence electrons. The predicted molar refractivity (Wildman–Crippen MR) is 98.4 cm³/mol. The van der Waals surface area contributed by atoms with Gasteiger partial charge in [0, 0.05) is 6.42 Å². The average molecular weight is 358 g/mol. The summed E-state index contributed by atoms with van der Waals surface area (Å²) in [4.78, 5) is 38.0. The summed E-state index contributed by atoms with van der Waals surface area (Å²) in [6, 6.07) is 9.05. The zero-order valence-electron chi connectivity index (χ0n) is 14.8. The van der Waals surface area contributed by atoms with Crippen LogP contribution < -0.4 is 16.7 Å². The van der Waals surface area contributed by atoms with Crippen molar-refractivity contribution < 1.29 is 9.90 Å². The Morgan fingerprint density at radius 2 is 1.96 bits per heavy atom. The quantitative estimate of drug-likeness (QED) is 0.511. The van der Waals surface area contributed by atoms with Crippen LogP contribution in [-0.2, 0) is 11.3 Å². The summed E-state index contributed by atoms with van der Waals surface area (Å²) >= 11 is 0. The first kappa shape index (κ1) is 19.2. The number of H-pyrrole nitrogens is 1. The van der Waals surface area contributed by atoms with Crippen LogP contribution in [0.25, 0.3) is 0 Å². The number of nitrogens with one attached hydrogen (secondary N) is 2. The Balaban J connectivity index is 2.34. The highest BCUT2D eigenvalue weighted by molar-refractivity contribution is 6.00. The van der Waals surface area contributed by atoms with E-state index in [9.17, 15) is 19.5 Å². The predicted octanol–water partition coefficient (Wildman–Crippen LogP) is 1.32. The smallest absolute Gasteiger partial charge is 0.331 e. The number of carbonyl (C=O) groups is 1. The summed E-state index contributed by atoms with van der Waals surface area (Å²) < 4.78 is 1.05. The largest absolute Gasteiger partial charge is 0.494 e. The number of amides is 1. The highest BCUT2D eigenvalue weighted by Gasteiger charge is 2.17. The van der Waals surface area contributed by atoms with Crippen molar-refractivity contribution in [3.8, 4) is 5.88 Å². The molecule has 1 aromatic carbocycles. The van der Waals surface area contributed by atoms with Crippen LogP contribution in [0.2, 0.25) is 0 Å². The maximum atomic E-state index is 12.1. The van der Waals surface area contributed by atoms with Gasteiger partial charge in [0.1, 0.15) is 5.56 Å². The number of carbonyl (C=O) groups excluding carboxylic acids is 1. The lowest BCUT2D eigenvalue weighted by Gasteiger charge is -2.11. The van der Waals surface area contributed by atoms with Gasteiger partial charge in [-0.1, -0.05) is 43.7 Å². The van der Waals surface area contributed by atoms with Crippen LogP contribution in [0.5, 0.6) is 5.88 Å². The van der Waals surface area contributed by atoms with Gasteiger partial charge in [0.15, 0.2) is 0 Å². The minimum absolute atomic E-state index is 0.0887. The summed E-state index contributed by atoms with van der Waals surface area (Å²) in [7, 11) is 0. The SMILES string of the molecule is CCCCC(=O)NN=C(C)c1c(O)n(Cc2ccccc2)c(=O)[nH]c1=O. The van der Waals surface area contributed by atoms with Crippen LogP contribution in [0.15, 0.2) is 45.0 Å². The van der Waals surface area contributed by atoms with E-state index in [4.69, 9.17) is 0 Å². The van der Waals surface area contributed by atoms with Gasteiger partial charge in [0.05, 0.1) is 12.3 Å². The second kappa shape index (κ2) is 8.80. The number of aromatic amines is 1. The van der Waals surface area contributed by atoms with Crippen molar-refractivity contribution in [2.24, 2.45) is 5.10 Å². The second-order valence-electron chi connectivity index (χ2n) is 5.87. The third kappa shape index (κ3) is 4.69. The molecule has 2 rings (SSSR count). The third-order valence-electron chi connectivity index (χ3n) is 3.82. The standard InChI is InChI=1S/C18H22N4O4/c1-3-4-10-14(23)21-20-12(2)15-16(24)19-18(26)22(17(15)25)11-13-8-6-5-7-9-13/h5-9,25H,3-4,10-11H2,1-2H3,(H,21,23)(H,19,24,26). The summed E-state index contributed by atoms with van der Waals surface area (Å²) in [5, 5.41) is 14.3. The molecule has 0 radical (unpaired) electrons. The molecule has 8 heteroatoms. The van der Waals surface area contributed by atoms with Gasteiger partial charge in [0.25, 0.3) is 5.56 Å². The fraction of sp³-hybridized carbons (Fsp3) is 0.333. The summed E-state index contributed by atoms with van der Waals surface area (Å²) in [6.45, 7) is 3.53. The van der Waals surface area contributed by atoms with Crippen molar-refractivity contribution in [2.75, 3.05) is 0 Å². The van der Waals surface area contributed by atoms with Gasteiger partial charge in [-0.15, -0.1) is 0 Å². The molecular formula is C18H22N4O4. The Morgan fingerprint density at radius 3 is 2.62 bits per heavy atom. The highest BCUT2D eigenvalue weighted by atomic mass is 16.3. The molecule has 2 aromatic rings. The molecule has 1 aromatic heterocycles. The molecule has 0 atom stereocenters. The minimum atomic E-state index is -0.763. The number of benzene rings is 1. The van der Waals surface area contributed by atoms with Gasteiger partial charge in [-0.25, -0.2) is 10.2 Å². The van der Waals surface area contributed by atoms with Crippen LogP contribution >= 0.6 is 0 Å². The molecule has 0 saturated carbocycles. The Labute approximate surface area is 150 Å². The molecule has 3 N–H and O–H groups in total. The first-order valence-electron chi connectivity index (χ1n) is 8.37. The fourth-order valence-electron chi connectivity index (χ4n) is 2.39. The van der Waals surface area contributed by atoms with E-state index in [0.29, 0.717) is 6.42 Å². The van der Waals surface area contributed by atoms with Crippen molar-refractivity contribution >= 4 is 11.6 Å². The maximum absolute atomic E-state index is 12.1. The summed E-state index contributed by atoms with van der Waals surface area (Å²) in [5.41, 5.74) is 1.60. The van der Waals surface area contributed by atoms with Crippen molar-refractivity contribution in [3.63, 3.8) is 0 Å². The van der Waals surface area contributed by atoms with Crippen molar-refractivity contribution in [1.29, 1.82) is 0 Å². The van der Waals surface area contributed by atoms with E-state index in [1.807, 2.05) is 25.1 Å². The normalized spacial score (nSPS) is 11.4. The monoisotopic (exact) mass is 358 g/mol. The van der Waals surface area contributed by atoms with Crippen molar-refractivity contribution in [2.45, 2.75) is 39.7 Å². The number of rotatable bonds is 7. The Kier molecular flexibility index (Phi) is 6.48. The lowest BCUT2D eigenvalue weighted by molar-refractivity contribution is -0.121. The van der Waals surface area contributed by atoms with E-state index in [0.717, 1.165) is 23.0 Å². The Morgan fingerprint density at radius 1 is 1.27 bits per heavy atom. The minimum Gasteiger partial charge on any atom is -0.494 e. The van der Waals surface area contributed by atoms with Gasteiger partial charge >= 0.3 is 5.69 Å². The molecular weight excluding hydrogens is 336 g/mol.